The Morgan fingerprint density at radius 3 is 3.20 bits per heavy atom. The van der Waals surface area contributed by atoms with Crippen LogP contribution in [0.2, 0.25) is 0 Å². The number of aryl methyl sites for hydroxylation is 2. The standard InChI is InChI=1S/C11H19N3S/c1-3-14-7-9(2)12-11(14)13-10-5-4-6-15-8-10/h7,10H,3-6,8H2,1-2H3,(H,12,13). The Labute approximate surface area is 95.7 Å². The van der Waals surface area contributed by atoms with Gasteiger partial charge in [-0.2, -0.15) is 11.8 Å². The molecule has 0 radical (unpaired) electrons. The Balaban J connectivity index is 2.02. The molecule has 1 aromatic rings. The summed E-state index contributed by atoms with van der Waals surface area (Å²) in [6.07, 6.45) is 4.72. The molecule has 2 rings (SSSR count). The van der Waals surface area contributed by atoms with Gasteiger partial charge in [-0.1, -0.05) is 0 Å². The molecular weight excluding hydrogens is 206 g/mol. The summed E-state index contributed by atoms with van der Waals surface area (Å²) in [4.78, 5) is 4.52. The number of nitrogens with zero attached hydrogens (tertiary/aromatic N) is 2. The third-order valence-corrected chi connectivity index (χ3v) is 3.95. The molecule has 15 heavy (non-hydrogen) atoms. The van der Waals surface area contributed by atoms with E-state index in [1.165, 1.54) is 24.3 Å². The van der Waals surface area contributed by atoms with Crippen molar-refractivity contribution in [1.29, 1.82) is 0 Å². The molecule has 3 nitrogen and oxygen atoms in total. The van der Waals surface area contributed by atoms with E-state index in [4.69, 9.17) is 0 Å². The van der Waals surface area contributed by atoms with Crippen molar-refractivity contribution in [2.75, 3.05) is 16.8 Å². The monoisotopic (exact) mass is 225 g/mol. The molecule has 0 amide bonds. The molecule has 2 heterocycles. The average molecular weight is 225 g/mol. The van der Waals surface area contributed by atoms with Gasteiger partial charge in [0.15, 0.2) is 0 Å². The molecule has 84 valence electrons. The number of nitrogens with one attached hydrogen (secondary N) is 1. The Morgan fingerprint density at radius 2 is 2.53 bits per heavy atom. The van der Waals surface area contributed by atoms with Crippen molar-refractivity contribution in [3.05, 3.63) is 11.9 Å². The fourth-order valence-corrected chi connectivity index (χ4v) is 3.01. The molecule has 0 saturated carbocycles. The van der Waals surface area contributed by atoms with E-state index in [-0.39, 0.29) is 0 Å². The maximum atomic E-state index is 4.52. The topological polar surface area (TPSA) is 29.9 Å². The SMILES string of the molecule is CCn1cc(C)nc1NC1CCCSC1. The van der Waals surface area contributed by atoms with Crippen molar-refractivity contribution in [3.8, 4) is 0 Å². The molecule has 0 aromatic carbocycles. The number of anilines is 1. The predicted octanol–water partition coefficient (Wildman–Crippen LogP) is 2.52. The molecule has 0 spiro atoms. The fraction of sp³-hybridized carbons (Fsp3) is 0.727. The number of thioether (sulfide) groups is 1. The van der Waals surface area contributed by atoms with Crippen LogP contribution >= 0.6 is 11.8 Å². The molecule has 1 aliphatic rings. The number of imidazole rings is 1. The van der Waals surface area contributed by atoms with Crippen molar-refractivity contribution in [1.82, 2.24) is 9.55 Å². The Morgan fingerprint density at radius 1 is 1.67 bits per heavy atom. The molecule has 4 heteroatoms. The van der Waals surface area contributed by atoms with Gasteiger partial charge in [0.25, 0.3) is 0 Å². The van der Waals surface area contributed by atoms with E-state index in [1.54, 1.807) is 0 Å². The first-order chi connectivity index (χ1) is 7.29. The molecule has 1 saturated heterocycles. The van der Waals surface area contributed by atoms with Crippen molar-refractivity contribution in [3.63, 3.8) is 0 Å². The summed E-state index contributed by atoms with van der Waals surface area (Å²) in [6, 6.07) is 0.607. The fourth-order valence-electron chi connectivity index (χ4n) is 1.94. The lowest BCUT2D eigenvalue weighted by atomic mass is 10.2. The van der Waals surface area contributed by atoms with E-state index in [2.05, 4.69) is 28.0 Å². The van der Waals surface area contributed by atoms with E-state index in [0.29, 0.717) is 6.04 Å². The maximum Gasteiger partial charge on any atom is 0.203 e. The van der Waals surface area contributed by atoms with Crippen molar-refractivity contribution >= 4 is 17.7 Å². The van der Waals surface area contributed by atoms with Gasteiger partial charge >= 0.3 is 0 Å². The van der Waals surface area contributed by atoms with Crippen LogP contribution in [0.4, 0.5) is 5.95 Å². The second-order valence-electron chi connectivity index (χ2n) is 4.05. The minimum absolute atomic E-state index is 0.607. The molecule has 1 aliphatic heterocycles. The third kappa shape index (κ3) is 2.68. The summed E-state index contributed by atoms with van der Waals surface area (Å²) in [5.74, 6) is 3.58. The summed E-state index contributed by atoms with van der Waals surface area (Å²) < 4.78 is 2.19. The molecule has 1 fully saturated rings. The minimum atomic E-state index is 0.607. The lowest BCUT2D eigenvalue weighted by Crippen LogP contribution is -2.27. The molecule has 1 aromatic heterocycles. The molecule has 1 N–H and O–H groups in total. The number of hydrogen-bond donors (Lipinski definition) is 1. The second-order valence-corrected chi connectivity index (χ2v) is 5.20. The van der Waals surface area contributed by atoms with Crippen LogP contribution in [-0.2, 0) is 6.54 Å². The van der Waals surface area contributed by atoms with Gasteiger partial charge in [0, 0.05) is 24.5 Å². The largest absolute Gasteiger partial charge is 0.352 e. The van der Waals surface area contributed by atoms with Crippen LogP contribution in [0.1, 0.15) is 25.5 Å². The first-order valence-electron chi connectivity index (χ1n) is 5.67. The molecule has 1 unspecified atom stereocenters. The van der Waals surface area contributed by atoms with Gasteiger partial charge in [-0.3, -0.25) is 0 Å². The Bertz CT molecular complexity index is 316. The highest BCUT2D eigenvalue weighted by Gasteiger charge is 2.15. The minimum Gasteiger partial charge on any atom is -0.352 e. The predicted molar refractivity (Wildman–Crippen MR) is 66.6 cm³/mol. The molecular formula is C11H19N3S. The van der Waals surface area contributed by atoms with Crippen LogP contribution in [0.25, 0.3) is 0 Å². The number of hydrogen-bond acceptors (Lipinski definition) is 3. The van der Waals surface area contributed by atoms with Crippen molar-refractivity contribution in [2.24, 2.45) is 0 Å². The van der Waals surface area contributed by atoms with E-state index >= 15 is 0 Å². The summed E-state index contributed by atoms with van der Waals surface area (Å²) >= 11 is 2.04. The highest BCUT2D eigenvalue weighted by atomic mass is 32.2. The average Bonchev–Trinajstić information content (AvgIpc) is 2.60. The normalized spacial score (nSPS) is 21.6. The maximum absolute atomic E-state index is 4.52. The van der Waals surface area contributed by atoms with Crippen LogP contribution in [-0.4, -0.2) is 27.1 Å². The number of rotatable bonds is 3. The van der Waals surface area contributed by atoms with Crippen LogP contribution < -0.4 is 5.32 Å². The van der Waals surface area contributed by atoms with Gasteiger partial charge < -0.3 is 9.88 Å². The zero-order valence-electron chi connectivity index (χ0n) is 9.49. The van der Waals surface area contributed by atoms with Crippen LogP contribution in [0.5, 0.6) is 0 Å². The van der Waals surface area contributed by atoms with Gasteiger partial charge in [0.1, 0.15) is 0 Å². The van der Waals surface area contributed by atoms with Gasteiger partial charge in [-0.15, -0.1) is 0 Å². The van der Waals surface area contributed by atoms with Gasteiger partial charge in [0.2, 0.25) is 5.95 Å². The molecule has 0 bridgehead atoms. The zero-order valence-corrected chi connectivity index (χ0v) is 10.3. The second kappa shape index (κ2) is 4.92. The Kier molecular flexibility index (Phi) is 3.57. The van der Waals surface area contributed by atoms with Crippen molar-refractivity contribution < 1.29 is 0 Å². The third-order valence-electron chi connectivity index (χ3n) is 2.73. The lowest BCUT2D eigenvalue weighted by molar-refractivity contribution is 0.664. The van der Waals surface area contributed by atoms with Gasteiger partial charge in [0.05, 0.1) is 5.69 Å². The summed E-state index contributed by atoms with van der Waals surface area (Å²) in [5, 5.41) is 3.55. The first kappa shape index (κ1) is 10.9. The highest BCUT2D eigenvalue weighted by molar-refractivity contribution is 7.99. The van der Waals surface area contributed by atoms with Crippen molar-refractivity contribution in [2.45, 2.75) is 39.3 Å². The quantitative estimate of drug-likeness (QED) is 0.857. The van der Waals surface area contributed by atoms with Gasteiger partial charge in [-0.25, -0.2) is 4.98 Å². The molecule has 1 atom stereocenters. The van der Waals surface area contributed by atoms with E-state index in [0.717, 1.165) is 18.2 Å². The lowest BCUT2D eigenvalue weighted by Gasteiger charge is -2.23. The smallest absolute Gasteiger partial charge is 0.203 e. The summed E-state index contributed by atoms with van der Waals surface area (Å²) in [7, 11) is 0. The zero-order chi connectivity index (χ0) is 10.7. The van der Waals surface area contributed by atoms with Crippen LogP contribution in [0.15, 0.2) is 6.20 Å². The highest BCUT2D eigenvalue weighted by Crippen LogP contribution is 2.20. The van der Waals surface area contributed by atoms with E-state index < -0.39 is 0 Å². The van der Waals surface area contributed by atoms with E-state index in [9.17, 15) is 0 Å². The van der Waals surface area contributed by atoms with Gasteiger partial charge in [-0.05, 0) is 32.4 Å². The first-order valence-corrected chi connectivity index (χ1v) is 6.83. The van der Waals surface area contributed by atoms with E-state index in [1.807, 2.05) is 18.7 Å². The summed E-state index contributed by atoms with van der Waals surface area (Å²) in [5.41, 5.74) is 1.10. The number of aromatic nitrogens is 2. The van der Waals surface area contributed by atoms with Crippen LogP contribution in [0, 0.1) is 6.92 Å². The summed E-state index contributed by atoms with van der Waals surface area (Å²) in [6.45, 7) is 5.19. The van der Waals surface area contributed by atoms with Crippen LogP contribution in [0.3, 0.4) is 0 Å². The molecule has 0 aliphatic carbocycles. The Hall–Kier alpha value is -0.640.